The van der Waals surface area contributed by atoms with Gasteiger partial charge in [-0.3, -0.25) is 9.59 Å². The van der Waals surface area contributed by atoms with Crippen LogP contribution < -0.4 is 10.1 Å². The lowest BCUT2D eigenvalue weighted by Gasteiger charge is -2.06. The van der Waals surface area contributed by atoms with Crippen LogP contribution in [0.5, 0.6) is 5.75 Å². The van der Waals surface area contributed by atoms with Crippen LogP contribution in [-0.4, -0.2) is 21.9 Å². The van der Waals surface area contributed by atoms with Crippen molar-refractivity contribution in [2.24, 2.45) is 0 Å². The van der Waals surface area contributed by atoms with Crippen molar-refractivity contribution >= 4 is 23.3 Å². The zero-order valence-electron chi connectivity index (χ0n) is 21.1. The molecule has 0 saturated heterocycles. The Hall–Kier alpha value is -3.97. The van der Waals surface area contributed by atoms with Crippen molar-refractivity contribution in [2.45, 2.75) is 51.7 Å². The number of aromatic nitrogens is 2. The maximum absolute atomic E-state index is 12.1. The Morgan fingerprint density at radius 1 is 0.816 bits per heavy atom. The summed E-state index contributed by atoms with van der Waals surface area (Å²) < 4.78 is 11.4. The summed E-state index contributed by atoms with van der Waals surface area (Å²) in [6.07, 6.45) is 4.99. The molecule has 1 heterocycles. The topological polar surface area (TPSA) is 94.3 Å². The van der Waals surface area contributed by atoms with E-state index in [0.717, 1.165) is 36.8 Å². The van der Waals surface area contributed by atoms with E-state index in [1.807, 2.05) is 66.7 Å². The Balaban J connectivity index is 1.14. The molecule has 0 aliphatic rings. The summed E-state index contributed by atoms with van der Waals surface area (Å²) in [5.41, 5.74) is 3.06. The lowest BCUT2D eigenvalue weighted by Crippen LogP contribution is -2.30. The number of amides is 1. The van der Waals surface area contributed by atoms with Crippen molar-refractivity contribution in [3.05, 3.63) is 101 Å². The van der Waals surface area contributed by atoms with Crippen molar-refractivity contribution in [2.75, 3.05) is 0 Å². The lowest BCUT2D eigenvalue weighted by molar-refractivity contribution is -0.138. The predicted octanol–water partition coefficient (Wildman–Crippen LogP) is 6.35. The third kappa shape index (κ3) is 8.56. The number of hydrogen-bond donors (Lipinski definition) is 1. The molecule has 0 aliphatic heterocycles. The van der Waals surface area contributed by atoms with Crippen LogP contribution in [0.4, 0.5) is 0 Å². The largest absolute Gasteiger partial charge is 0.489 e. The van der Waals surface area contributed by atoms with Crippen LogP contribution in [0.25, 0.3) is 11.5 Å². The number of benzene rings is 3. The fourth-order valence-corrected chi connectivity index (χ4v) is 3.99. The minimum Gasteiger partial charge on any atom is -0.489 e. The number of nitrogens with zero attached hydrogens (tertiary/aromatic N) is 2. The van der Waals surface area contributed by atoms with E-state index in [1.54, 1.807) is 0 Å². The number of carbonyl (C=O) groups is 2. The Morgan fingerprint density at radius 3 is 2.32 bits per heavy atom. The first-order valence-electron chi connectivity index (χ1n) is 12.7. The quantitative estimate of drug-likeness (QED) is 0.150. The highest BCUT2D eigenvalue weighted by Crippen LogP contribution is 2.22. The van der Waals surface area contributed by atoms with Crippen molar-refractivity contribution in [1.29, 1.82) is 0 Å². The molecule has 4 rings (SSSR count). The van der Waals surface area contributed by atoms with Crippen LogP contribution >= 0.6 is 11.6 Å². The molecule has 1 N–H and O–H groups in total. The molecule has 0 bridgehead atoms. The van der Waals surface area contributed by atoms with Gasteiger partial charge in [-0.05, 0) is 66.8 Å². The van der Waals surface area contributed by atoms with E-state index in [2.05, 4.69) is 27.6 Å². The molecular weight excluding hydrogens is 502 g/mol. The average Bonchev–Trinajstić information content (AvgIpc) is 3.43. The van der Waals surface area contributed by atoms with Crippen LogP contribution in [0, 0.1) is 0 Å². The highest BCUT2D eigenvalue weighted by Gasteiger charge is 2.15. The Labute approximate surface area is 227 Å². The third-order valence-corrected chi connectivity index (χ3v) is 6.25. The van der Waals surface area contributed by atoms with Gasteiger partial charge in [0.05, 0.1) is 6.54 Å². The number of hydrogen-bond acceptors (Lipinski definition) is 6. The van der Waals surface area contributed by atoms with Crippen LogP contribution in [0.3, 0.4) is 0 Å². The minimum absolute atomic E-state index is 0.00304. The summed E-state index contributed by atoms with van der Waals surface area (Å²) in [7, 11) is 0. The number of ether oxygens (including phenoxy) is 1. The first-order chi connectivity index (χ1) is 18.6. The molecule has 38 heavy (non-hydrogen) atoms. The van der Waals surface area contributed by atoms with E-state index < -0.39 is 11.7 Å². The number of carbonyl (C=O) groups excluding carboxylic acids is 2. The van der Waals surface area contributed by atoms with Gasteiger partial charge >= 0.3 is 0 Å². The molecule has 0 fully saturated rings. The van der Waals surface area contributed by atoms with E-state index in [0.29, 0.717) is 29.7 Å². The average molecular weight is 532 g/mol. The summed E-state index contributed by atoms with van der Waals surface area (Å²) in [6, 6.07) is 25.1. The molecule has 7 nitrogen and oxygen atoms in total. The molecule has 1 amide bonds. The zero-order valence-corrected chi connectivity index (χ0v) is 21.8. The highest BCUT2D eigenvalue weighted by molar-refractivity contribution is 6.36. The number of aryl methyl sites for hydroxylation is 1. The van der Waals surface area contributed by atoms with E-state index in [-0.39, 0.29) is 18.9 Å². The second-order valence-corrected chi connectivity index (χ2v) is 9.38. The first kappa shape index (κ1) is 27.1. The second kappa shape index (κ2) is 14.1. The molecule has 3 aromatic carbocycles. The molecule has 0 atom stereocenters. The van der Waals surface area contributed by atoms with Gasteiger partial charge in [-0.2, -0.15) is 0 Å². The Bertz CT molecular complexity index is 1310. The van der Waals surface area contributed by atoms with Gasteiger partial charge in [0.2, 0.25) is 17.6 Å². The van der Waals surface area contributed by atoms with Gasteiger partial charge in [0.25, 0.3) is 5.91 Å². The summed E-state index contributed by atoms with van der Waals surface area (Å²) in [6.45, 7) is 0.421. The molecule has 8 heteroatoms. The molecule has 196 valence electrons. The van der Waals surface area contributed by atoms with Crippen molar-refractivity contribution in [3.8, 4) is 17.2 Å². The van der Waals surface area contributed by atoms with Crippen LogP contribution in [0.1, 0.15) is 49.1 Å². The molecule has 0 unspecified atom stereocenters. The third-order valence-electron chi connectivity index (χ3n) is 6.00. The molecule has 4 aromatic rings. The smallest absolute Gasteiger partial charge is 0.287 e. The van der Waals surface area contributed by atoms with Crippen LogP contribution in [0.2, 0.25) is 5.02 Å². The van der Waals surface area contributed by atoms with E-state index in [9.17, 15) is 9.59 Å². The van der Waals surface area contributed by atoms with Gasteiger partial charge in [0.1, 0.15) is 12.4 Å². The fourth-order valence-electron chi connectivity index (χ4n) is 3.86. The van der Waals surface area contributed by atoms with Gasteiger partial charge in [-0.25, -0.2) is 0 Å². The van der Waals surface area contributed by atoms with Crippen molar-refractivity contribution in [1.82, 2.24) is 15.5 Å². The number of unbranched alkanes of at least 4 members (excludes halogenated alkanes) is 3. The molecule has 1 aromatic heterocycles. The van der Waals surface area contributed by atoms with Gasteiger partial charge < -0.3 is 14.5 Å². The van der Waals surface area contributed by atoms with E-state index >= 15 is 0 Å². The van der Waals surface area contributed by atoms with Crippen molar-refractivity contribution in [3.63, 3.8) is 0 Å². The zero-order chi connectivity index (χ0) is 26.6. The molecular formula is C30H30ClN3O4. The van der Waals surface area contributed by atoms with Gasteiger partial charge in [0, 0.05) is 17.0 Å². The summed E-state index contributed by atoms with van der Waals surface area (Å²) in [5.74, 6) is 0.189. The van der Waals surface area contributed by atoms with Gasteiger partial charge in [-0.15, -0.1) is 10.2 Å². The van der Waals surface area contributed by atoms with Crippen LogP contribution in [0.15, 0.2) is 83.3 Å². The molecule has 0 saturated carbocycles. The van der Waals surface area contributed by atoms with Gasteiger partial charge in [0.15, 0.2) is 0 Å². The SMILES string of the molecule is O=C(CCCCCCc1ccccc1)C(=O)NCc1nnc(-c2ccc(OCc3ccc(Cl)cc3)cc2)o1. The monoisotopic (exact) mass is 531 g/mol. The normalized spacial score (nSPS) is 10.8. The summed E-state index contributed by atoms with van der Waals surface area (Å²) in [4.78, 5) is 24.3. The number of rotatable bonds is 14. The number of Topliss-reactive ketones (excluding diaryl/α,β-unsaturated/α-hetero) is 1. The van der Waals surface area contributed by atoms with E-state index in [4.69, 9.17) is 20.8 Å². The van der Waals surface area contributed by atoms with Gasteiger partial charge in [-0.1, -0.05) is 66.9 Å². The second-order valence-electron chi connectivity index (χ2n) is 8.95. The summed E-state index contributed by atoms with van der Waals surface area (Å²) >= 11 is 5.91. The molecule has 0 aliphatic carbocycles. The maximum atomic E-state index is 12.1. The predicted molar refractivity (Wildman–Crippen MR) is 146 cm³/mol. The number of ketones is 1. The fraction of sp³-hybridized carbons (Fsp3) is 0.267. The standard InChI is InChI=1S/C30H30ClN3O4/c31-25-16-12-23(13-17-25)21-37-26-18-14-24(15-19-26)30-34-33-28(38-30)20-32-29(36)27(35)11-7-2-1-4-8-22-9-5-3-6-10-22/h3,5-6,9-10,12-19H,1-2,4,7-8,11,20-21H2,(H,32,36). The van der Waals surface area contributed by atoms with Crippen LogP contribution in [-0.2, 0) is 29.2 Å². The Morgan fingerprint density at radius 2 is 1.55 bits per heavy atom. The van der Waals surface area contributed by atoms with E-state index in [1.165, 1.54) is 5.56 Å². The minimum atomic E-state index is -0.628. The lowest BCUT2D eigenvalue weighted by atomic mass is 10.0. The summed E-state index contributed by atoms with van der Waals surface area (Å²) in [5, 5.41) is 11.3. The Kier molecular flexibility index (Phi) is 10.0. The molecule has 0 spiro atoms. The highest BCUT2D eigenvalue weighted by atomic mass is 35.5. The first-order valence-corrected chi connectivity index (χ1v) is 13.1. The number of nitrogens with one attached hydrogen (secondary N) is 1. The number of halogens is 1. The molecule has 0 radical (unpaired) electrons. The van der Waals surface area contributed by atoms with Crippen molar-refractivity contribution < 1.29 is 18.7 Å². The maximum Gasteiger partial charge on any atom is 0.287 e.